The van der Waals surface area contributed by atoms with Crippen molar-refractivity contribution < 1.29 is 27.5 Å². The minimum atomic E-state index is -3.71. The Balaban J connectivity index is 1.41. The average molecular weight is 565 g/mol. The molecule has 1 atom stereocenters. The molecule has 2 aliphatic rings. The van der Waals surface area contributed by atoms with Crippen molar-refractivity contribution in [1.29, 1.82) is 0 Å². The summed E-state index contributed by atoms with van der Waals surface area (Å²) in [5, 5.41) is 2.81. The van der Waals surface area contributed by atoms with E-state index in [0.717, 1.165) is 4.90 Å². The van der Waals surface area contributed by atoms with Gasteiger partial charge in [0.05, 0.1) is 24.7 Å². The fourth-order valence-corrected chi connectivity index (χ4v) is 6.97. The Labute approximate surface area is 233 Å². The van der Waals surface area contributed by atoms with Gasteiger partial charge in [-0.25, -0.2) is 13.2 Å². The van der Waals surface area contributed by atoms with E-state index in [1.807, 2.05) is 19.9 Å². The van der Waals surface area contributed by atoms with E-state index in [-0.39, 0.29) is 10.7 Å². The lowest BCUT2D eigenvalue weighted by atomic mass is 9.87. The molecule has 0 saturated carbocycles. The van der Waals surface area contributed by atoms with E-state index >= 15 is 0 Å². The standard InChI is InChI=1S/C29H32N4O6S/c1-4-29(22-9-6-5-7-10-22)27(35)32(28(36)30-29)19-26(34)25-17-20(2)33(21(25)3)23-11-8-12-24(18-23)40(37,38)31-13-15-39-16-14-31/h5-12,17-18H,4,13-16,19H2,1-3H3,(H,30,36). The molecule has 2 saturated heterocycles. The molecule has 3 amide bonds. The predicted octanol–water partition coefficient (Wildman–Crippen LogP) is 3.16. The number of urea groups is 1. The van der Waals surface area contributed by atoms with E-state index in [1.54, 1.807) is 66.1 Å². The molecule has 5 rings (SSSR count). The molecule has 0 spiro atoms. The summed E-state index contributed by atoms with van der Waals surface area (Å²) in [6.45, 7) is 6.27. The van der Waals surface area contributed by atoms with E-state index in [1.165, 1.54) is 4.31 Å². The highest BCUT2D eigenvalue weighted by molar-refractivity contribution is 7.89. The summed E-state index contributed by atoms with van der Waals surface area (Å²) >= 11 is 0. The number of nitrogens with zero attached hydrogens (tertiary/aromatic N) is 3. The van der Waals surface area contributed by atoms with Crippen molar-refractivity contribution in [3.05, 3.63) is 83.2 Å². The van der Waals surface area contributed by atoms with Gasteiger partial charge >= 0.3 is 6.03 Å². The lowest BCUT2D eigenvalue weighted by Crippen LogP contribution is -2.43. The SMILES string of the molecule is CCC1(c2ccccc2)NC(=O)N(CC(=O)c2cc(C)n(-c3cccc(S(=O)(=O)N4CCOCC4)c3)c2C)C1=O. The first kappa shape index (κ1) is 27.8. The van der Waals surface area contributed by atoms with Gasteiger partial charge in [-0.1, -0.05) is 43.3 Å². The van der Waals surface area contributed by atoms with Crippen LogP contribution in [0.15, 0.2) is 65.6 Å². The van der Waals surface area contributed by atoms with Crippen LogP contribution in [0.5, 0.6) is 0 Å². The van der Waals surface area contributed by atoms with Gasteiger partial charge in [0.1, 0.15) is 5.54 Å². The van der Waals surface area contributed by atoms with Gasteiger partial charge in [0.2, 0.25) is 10.0 Å². The average Bonchev–Trinajstić information content (AvgIpc) is 3.41. The summed E-state index contributed by atoms with van der Waals surface area (Å²) in [5.74, 6) is -0.853. The Hall–Kier alpha value is -3.80. The number of ketones is 1. The van der Waals surface area contributed by atoms with Crippen molar-refractivity contribution in [2.24, 2.45) is 0 Å². The first-order valence-corrected chi connectivity index (χ1v) is 14.6. The Kier molecular flexibility index (Phi) is 7.38. The van der Waals surface area contributed by atoms with Crippen LogP contribution in [-0.2, 0) is 25.1 Å². The van der Waals surface area contributed by atoms with Gasteiger partial charge in [-0.05, 0) is 50.1 Å². The number of benzene rings is 2. The van der Waals surface area contributed by atoms with Crippen molar-refractivity contribution in [3.63, 3.8) is 0 Å². The molecule has 2 fully saturated rings. The van der Waals surface area contributed by atoms with Gasteiger partial charge in [0.25, 0.3) is 5.91 Å². The number of Topliss-reactive ketones (excluding diaryl/α,β-unsaturated/α-hetero) is 1. The Morgan fingerprint density at radius 2 is 1.70 bits per heavy atom. The van der Waals surface area contributed by atoms with Gasteiger partial charge in [-0.15, -0.1) is 0 Å². The molecule has 2 aromatic carbocycles. The van der Waals surface area contributed by atoms with Crippen LogP contribution in [0, 0.1) is 13.8 Å². The van der Waals surface area contributed by atoms with Crippen LogP contribution >= 0.6 is 0 Å². The number of carbonyl (C=O) groups excluding carboxylic acids is 3. The molecule has 40 heavy (non-hydrogen) atoms. The number of hydrogen-bond donors (Lipinski definition) is 1. The van der Waals surface area contributed by atoms with Crippen LogP contribution in [0.25, 0.3) is 5.69 Å². The lowest BCUT2D eigenvalue weighted by molar-refractivity contribution is -0.131. The number of nitrogens with one attached hydrogen (secondary N) is 1. The zero-order valence-corrected chi connectivity index (χ0v) is 23.5. The van der Waals surface area contributed by atoms with Crippen LogP contribution in [0.4, 0.5) is 4.79 Å². The molecule has 210 valence electrons. The fraction of sp³-hybridized carbons (Fsp3) is 0.345. The topological polar surface area (TPSA) is 118 Å². The monoisotopic (exact) mass is 564 g/mol. The van der Waals surface area contributed by atoms with Crippen LogP contribution in [0.2, 0.25) is 0 Å². The zero-order valence-electron chi connectivity index (χ0n) is 22.7. The van der Waals surface area contributed by atoms with E-state index in [2.05, 4.69) is 5.32 Å². The lowest BCUT2D eigenvalue weighted by Gasteiger charge is -2.26. The molecule has 0 aliphatic carbocycles. The summed E-state index contributed by atoms with van der Waals surface area (Å²) in [6.07, 6.45) is 0.338. The van der Waals surface area contributed by atoms with E-state index < -0.39 is 34.0 Å². The second kappa shape index (κ2) is 10.6. The molecule has 3 aromatic rings. The van der Waals surface area contributed by atoms with Crippen LogP contribution in [-0.4, -0.2) is 72.8 Å². The molecule has 0 bridgehead atoms. The number of aryl methyl sites for hydroxylation is 1. The van der Waals surface area contributed by atoms with Gasteiger partial charge in [0, 0.05) is 35.7 Å². The van der Waals surface area contributed by atoms with Crippen LogP contribution in [0.1, 0.15) is 40.7 Å². The van der Waals surface area contributed by atoms with Crippen LogP contribution < -0.4 is 5.32 Å². The third kappa shape index (κ3) is 4.63. The maximum absolute atomic E-state index is 13.5. The molecule has 1 unspecified atom stereocenters. The van der Waals surface area contributed by atoms with E-state index in [0.29, 0.717) is 60.9 Å². The highest BCUT2D eigenvalue weighted by atomic mass is 32.2. The van der Waals surface area contributed by atoms with Gasteiger partial charge in [0.15, 0.2) is 5.78 Å². The minimum Gasteiger partial charge on any atom is -0.379 e. The smallest absolute Gasteiger partial charge is 0.325 e. The summed E-state index contributed by atoms with van der Waals surface area (Å²) in [7, 11) is -3.71. The van der Waals surface area contributed by atoms with Gasteiger partial charge < -0.3 is 14.6 Å². The molecule has 3 heterocycles. The first-order chi connectivity index (χ1) is 19.1. The van der Waals surface area contributed by atoms with Crippen molar-refractivity contribution >= 4 is 27.7 Å². The number of aromatic nitrogens is 1. The zero-order chi connectivity index (χ0) is 28.7. The highest BCUT2D eigenvalue weighted by Gasteiger charge is 2.51. The molecule has 0 radical (unpaired) electrons. The highest BCUT2D eigenvalue weighted by Crippen LogP contribution is 2.33. The minimum absolute atomic E-state index is 0.156. The Morgan fingerprint density at radius 3 is 2.38 bits per heavy atom. The molecular formula is C29H32N4O6S. The van der Waals surface area contributed by atoms with Crippen LogP contribution in [0.3, 0.4) is 0 Å². The first-order valence-electron chi connectivity index (χ1n) is 13.2. The van der Waals surface area contributed by atoms with Crippen molar-refractivity contribution in [2.75, 3.05) is 32.8 Å². The number of carbonyl (C=O) groups is 3. The van der Waals surface area contributed by atoms with E-state index in [9.17, 15) is 22.8 Å². The van der Waals surface area contributed by atoms with Gasteiger partial charge in [-0.3, -0.25) is 14.5 Å². The number of imide groups is 1. The Morgan fingerprint density at radius 1 is 1.00 bits per heavy atom. The van der Waals surface area contributed by atoms with Gasteiger partial charge in [-0.2, -0.15) is 4.31 Å². The van der Waals surface area contributed by atoms with Crippen molar-refractivity contribution in [1.82, 2.24) is 19.1 Å². The maximum atomic E-state index is 13.5. The van der Waals surface area contributed by atoms with Crippen molar-refractivity contribution in [2.45, 2.75) is 37.6 Å². The predicted molar refractivity (Wildman–Crippen MR) is 148 cm³/mol. The fourth-order valence-electron chi connectivity index (χ4n) is 5.52. The number of hydrogen-bond acceptors (Lipinski definition) is 6. The third-order valence-corrected chi connectivity index (χ3v) is 9.58. The third-order valence-electron chi connectivity index (χ3n) is 7.69. The van der Waals surface area contributed by atoms with Crippen molar-refractivity contribution in [3.8, 4) is 5.69 Å². The number of amides is 3. The number of ether oxygens (including phenoxy) is 1. The molecule has 10 nitrogen and oxygen atoms in total. The molecular weight excluding hydrogens is 532 g/mol. The normalized spacial score (nSPS) is 20.1. The number of sulfonamides is 1. The summed E-state index contributed by atoms with van der Waals surface area (Å²) < 4.78 is 34.9. The summed E-state index contributed by atoms with van der Waals surface area (Å²) in [5.41, 5.74) is 1.69. The van der Waals surface area contributed by atoms with E-state index in [4.69, 9.17) is 4.74 Å². The Bertz CT molecular complexity index is 1580. The second-order valence-electron chi connectivity index (χ2n) is 10.0. The number of rotatable bonds is 8. The maximum Gasteiger partial charge on any atom is 0.325 e. The number of morpholine rings is 1. The molecule has 2 aliphatic heterocycles. The molecule has 1 N–H and O–H groups in total. The quantitative estimate of drug-likeness (QED) is 0.332. The molecule has 1 aromatic heterocycles. The largest absolute Gasteiger partial charge is 0.379 e. The summed E-state index contributed by atoms with van der Waals surface area (Å²) in [6, 6.07) is 16.7. The summed E-state index contributed by atoms with van der Waals surface area (Å²) in [4.78, 5) is 41.0. The second-order valence-corrected chi connectivity index (χ2v) is 11.9. The molecule has 11 heteroatoms.